The minimum atomic E-state index is -0.0672. The van der Waals surface area contributed by atoms with Crippen LogP contribution in [0.15, 0.2) is 34.6 Å². The fourth-order valence-corrected chi connectivity index (χ4v) is 2.24. The van der Waals surface area contributed by atoms with Gasteiger partial charge in [-0.1, -0.05) is 0 Å². The van der Waals surface area contributed by atoms with Crippen LogP contribution in [0.5, 0.6) is 0 Å². The first-order valence-electron chi connectivity index (χ1n) is 5.10. The maximum Gasteiger partial charge on any atom is 0.197 e. The van der Waals surface area contributed by atoms with E-state index < -0.39 is 0 Å². The number of anilines is 2. The fraction of sp³-hybridized carbons (Fsp3) is 0.0909. The molecule has 0 atom stereocenters. The number of hydrogen-bond donors (Lipinski definition) is 2. The molecule has 2 aromatic rings. The quantitative estimate of drug-likeness (QED) is 0.634. The van der Waals surface area contributed by atoms with Crippen molar-refractivity contribution in [3.05, 3.63) is 30.0 Å². The molecule has 18 heavy (non-hydrogen) atoms. The summed E-state index contributed by atoms with van der Waals surface area (Å²) in [6, 6.07) is 4.87. The van der Waals surface area contributed by atoms with E-state index in [1.807, 2.05) is 0 Å². The Morgan fingerprint density at radius 3 is 2.56 bits per heavy atom. The Hall–Kier alpha value is -2.15. The summed E-state index contributed by atoms with van der Waals surface area (Å²) in [5.74, 6) is 0.498. The summed E-state index contributed by atoms with van der Waals surface area (Å²) >= 11 is 1.16. The summed E-state index contributed by atoms with van der Waals surface area (Å²) in [6.45, 7) is 1.48. The van der Waals surface area contributed by atoms with Crippen molar-refractivity contribution in [2.75, 3.05) is 11.5 Å². The number of hydrogen-bond acceptors (Lipinski definition) is 7. The van der Waals surface area contributed by atoms with Crippen molar-refractivity contribution < 1.29 is 4.79 Å². The highest BCUT2D eigenvalue weighted by Crippen LogP contribution is 2.27. The van der Waals surface area contributed by atoms with Crippen LogP contribution in [0, 0.1) is 0 Å². The maximum atomic E-state index is 11.4. The van der Waals surface area contributed by atoms with Crippen LogP contribution in [-0.2, 0) is 0 Å². The Labute approximate surface area is 108 Å². The van der Waals surface area contributed by atoms with Crippen molar-refractivity contribution >= 4 is 29.2 Å². The van der Waals surface area contributed by atoms with E-state index in [0.29, 0.717) is 15.7 Å². The molecule has 0 radical (unpaired) electrons. The van der Waals surface area contributed by atoms with Gasteiger partial charge in [0.2, 0.25) is 0 Å². The van der Waals surface area contributed by atoms with Gasteiger partial charge in [-0.15, -0.1) is 0 Å². The van der Waals surface area contributed by atoms with Crippen molar-refractivity contribution in [3.8, 4) is 0 Å². The molecule has 7 heteroatoms. The highest BCUT2D eigenvalue weighted by molar-refractivity contribution is 7.99. The monoisotopic (exact) mass is 261 g/mol. The second kappa shape index (κ2) is 5.01. The van der Waals surface area contributed by atoms with E-state index >= 15 is 0 Å². The maximum absolute atomic E-state index is 11.4. The lowest BCUT2D eigenvalue weighted by Crippen LogP contribution is -2.01. The third-order valence-corrected chi connectivity index (χ3v) is 2.97. The van der Waals surface area contributed by atoms with Gasteiger partial charge in [-0.3, -0.25) is 4.79 Å². The van der Waals surface area contributed by atoms with Crippen LogP contribution in [0.3, 0.4) is 0 Å². The third-order valence-electron chi connectivity index (χ3n) is 2.08. The second-order valence-electron chi connectivity index (χ2n) is 3.51. The summed E-state index contributed by atoms with van der Waals surface area (Å²) in [4.78, 5) is 23.6. The summed E-state index contributed by atoms with van der Waals surface area (Å²) in [5.41, 5.74) is 11.7. The minimum absolute atomic E-state index is 0.0672. The summed E-state index contributed by atoms with van der Waals surface area (Å²) in [6.07, 6.45) is 1.60. The van der Waals surface area contributed by atoms with Crippen LogP contribution in [0.2, 0.25) is 0 Å². The predicted molar refractivity (Wildman–Crippen MR) is 69.2 cm³/mol. The van der Waals surface area contributed by atoms with Gasteiger partial charge < -0.3 is 11.5 Å². The van der Waals surface area contributed by atoms with Gasteiger partial charge in [-0.25, -0.2) is 15.0 Å². The zero-order chi connectivity index (χ0) is 13.1. The van der Waals surface area contributed by atoms with E-state index in [0.717, 1.165) is 11.8 Å². The number of aromatic nitrogens is 3. The summed E-state index contributed by atoms with van der Waals surface area (Å²) < 4.78 is 0. The van der Waals surface area contributed by atoms with Crippen LogP contribution in [0.25, 0.3) is 0 Å². The van der Waals surface area contributed by atoms with E-state index in [2.05, 4.69) is 15.0 Å². The number of nitrogens with zero attached hydrogens (tertiary/aromatic N) is 3. The normalized spacial score (nSPS) is 10.3. The van der Waals surface area contributed by atoms with E-state index in [-0.39, 0.29) is 17.4 Å². The van der Waals surface area contributed by atoms with E-state index in [1.165, 1.54) is 13.0 Å². The molecule has 0 unspecified atom stereocenters. The molecule has 2 rings (SSSR count). The number of rotatable bonds is 3. The summed E-state index contributed by atoms with van der Waals surface area (Å²) in [7, 11) is 0. The predicted octanol–water partition coefficient (Wildman–Crippen LogP) is 1.39. The largest absolute Gasteiger partial charge is 0.383 e. The molecule has 0 fully saturated rings. The number of nitrogen functional groups attached to an aromatic ring is 2. The van der Waals surface area contributed by atoms with Crippen LogP contribution >= 0.6 is 11.8 Å². The SMILES string of the molecule is CC(=O)c1cccnc1Sc1nc(N)cc(N)n1. The molecule has 0 aliphatic rings. The van der Waals surface area contributed by atoms with Gasteiger partial charge >= 0.3 is 0 Å². The van der Waals surface area contributed by atoms with Crippen LogP contribution in [0.4, 0.5) is 11.6 Å². The van der Waals surface area contributed by atoms with E-state index in [4.69, 9.17) is 11.5 Å². The fourth-order valence-electron chi connectivity index (χ4n) is 1.33. The zero-order valence-corrected chi connectivity index (χ0v) is 10.4. The second-order valence-corrected chi connectivity index (χ2v) is 4.47. The molecule has 2 heterocycles. The molecule has 0 spiro atoms. The summed E-state index contributed by atoms with van der Waals surface area (Å²) in [5, 5.41) is 0.906. The molecule has 0 saturated heterocycles. The van der Waals surface area contributed by atoms with Crippen molar-refractivity contribution in [2.24, 2.45) is 0 Å². The first kappa shape index (κ1) is 12.3. The molecule has 4 N–H and O–H groups in total. The van der Waals surface area contributed by atoms with Gasteiger partial charge in [0.25, 0.3) is 0 Å². The molecule has 0 bridgehead atoms. The van der Waals surface area contributed by atoms with Crippen molar-refractivity contribution in [1.82, 2.24) is 15.0 Å². The van der Waals surface area contributed by atoms with Gasteiger partial charge in [0.15, 0.2) is 10.9 Å². The molecule has 0 aliphatic carbocycles. The Morgan fingerprint density at radius 1 is 1.28 bits per heavy atom. The molecule has 0 aromatic carbocycles. The third kappa shape index (κ3) is 2.75. The molecular weight excluding hydrogens is 250 g/mol. The molecular formula is C11H11N5OS. The minimum Gasteiger partial charge on any atom is -0.383 e. The Kier molecular flexibility index (Phi) is 3.42. The van der Waals surface area contributed by atoms with Gasteiger partial charge in [0.05, 0.1) is 0 Å². The highest BCUT2D eigenvalue weighted by Gasteiger charge is 2.11. The van der Waals surface area contributed by atoms with Gasteiger partial charge in [0, 0.05) is 17.8 Å². The van der Waals surface area contributed by atoms with Crippen LogP contribution in [0.1, 0.15) is 17.3 Å². The average Bonchev–Trinajstić information content (AvgIpc) is 2.27. The Balaban J connectivity index is 2.37. The van der Waals surface area contributed by atoms with Crippen LogP contribution < -0.4 is 11.5 Å². The molecule has 6 nitrogen and oxygen atoms in total. The molecule has 2 aromatic heterocycles. The molecule has 92 valence electrons. The Bertz CT molecular complexity index is 581. The van der Waals surface area contributed by atoms with Gasteiger partial charge in [-0.2, -0.15) is 0 Å². The smallest absolute Gasteiger partial charge is 0.197 e. The van der Waals surface area contributed by atoms with Gasteiger partial charge in [-0.05, 0) is 30.8 Å². The van der Waals surface area contributed by atoms with Crippen LogP contribution in [-0.4, -0.2) is 20.7 Å². The zero-order valence-electron chi connectivity index (χ0n) is 9.62. The first-order chi connectivity index (χ1) is 8.56. The number of nitrogens with two attached hydrogens (primary N) is 2. The lowest BCUT2D eigenvalue weighted by atomic mass is 10.2. The number of carbonyl (C=O) groups is 1. The average molecular weight is 261 g/mol. The number of ketones is 1. The topological polar surface area (TPSA) is 108 Å². The number of Topliss-reactive ketones (excluding diaryl/α,β-unsaturated/α-hetero) is 1. The number of carbonyl (C=O) groups excluding carboxylic acids is 1. The lowest BCUT2D eigenvalue weighted by molar-refractivity contribution is 0.101. The first-order valence-corrected chi connectivity index (χ1v) is 5.92. The molecule has 0 aliphatic heterocycles. The standard InChI is InChI=1S/C11H11N5OS/c1-6(17)7-3-2-4-14-10(7)18-11-15-8(12)5-9(13)16-11/h2-5H,1H3,(H4,12,13,15,16). The van der Waals surface area contributed by atoms with E-state index in [9.17, 15) is 4.79 Å². The van der Waals surface area contributed by atoms with Gasteiger partial charge in [0.1, 0.15) is 16.7 Å². The molecule has 0 saturated carbocycles. The molecule has 0 amide bonds. The van der Waals surface area contributed by atoms with Crippen molar-refractivity contribution in [2.45, 2.75) is 17.1 Å². The van der Waals surface area contributed by atoms with Crippen molar-refractivity contribution in [3.63, 3.8) is 0 Å². The lowest BCUT2D eigenvalue weighted by Gasteiger charge is -2.05. The Morgan fingerprint density at radius 2 is 1.94 bits per heavy atom. The van der Waals surface area contributed by atoms with Crippen molar-refractivity contribution in [1.29, 1.82) is 0 Å². The number of pyridine rings is 1. The van der Waals surface area contributed by atoms with E-state index in [1.54, 1.807) is 18.3 Å². The highest BCUT2D eigenvalue weighted by atomic mass is 32.2.